The molecule has 0 aliphatic rings. The van der Waals surface area contributed by atoms with Crippen LogP contribution in [0.25, 0.3) is 0 Å². The first-order chi connectivity index (χ1) is 13.2. The van der Waals surface area contributed by atoms with E-state index >= 15 is 0 Å². The number of hydrogen-bond acceptors (Lipinski definition) is 5. The fourth-order valence-corrected chi connectivity index (χ4v) is 2.66. The number of carbonyl (C=O) groups excluding carboxylic acids is 1. The van der Waals surface area contributed by atoms with Crippen LogP contribution >= 0.6 is 0 Å². The highest BCUT2D eigenvalue weighted by Gasteiger charge is 2.24. The summed E-state index contributed by atoms with van der Waals surface area (Å²) in [5.41, 5.74) is 7.83. The number of nitrogens with two attached hydrogens (primary N) is 1. The lowest BCUT2D eigenvalue weighted by atomic mass is 10.1. The SMILES string of the molecule is CC(C)(C)OC(=O)N(CCc1ccc(N)cc1)CC(O)c1cccc(C#N)c1. The van der Waals surface area contributed by atoms with Crippen molar-refractivity contribution in [2.75, 3.05) is 18.8 Å². The van der Waals surface area contributed by atoms with Gasteiger partial charge >= 0.3 is 6.09 Å². The molecule has 1 amide bonds. The van der Waals surface area contributed by atoms with E-state index in [-0.39, 0.29) is 6.54 Å². The molecule has 1 atom stereocenters. The summed E-state index contributed by atoms with van der Waals surface area (Å²) in [5.74, 6) is 0. The molecule has 0 aliphatic heterocycles. The van der Waals surface area contributed by atoms with E-state index in [1.54, 1.807) is 45.0 Å². The van der Waals surface area contributed by atoms with E-state index in [4.69, 9.17) is 15.7 Å². The quantitative estimate of drug-likeness (QED) is 0.744. The summed E-state index contributed by atoms with van der Waals surface area (Å²) in [6.45, 7) is 5.86. The van der Waals surface area contributed by atoms with Gasteiger partial charge in [0.2, 0.25) is 0 Å². The van der Waals surface area contributed by atoms with Gasteiger partial charge in [-0.05, 0) is 62.6 Å². The topological polar surface area (TPSA) is 99.6 Å². The van der Waals surface area contributed by atoms with E-state index in [0.717, 1.165) is 5.56 Å². The zero-order valence-electron chi connectivity index (χ0n) is 16.6. The molecule has 0 heterocycles. The highest BCUT2D eigenvalue weighted by atomic mass is 16.6. The predicted octanol–water partition coefficient (Wildman–Crippen LogP) is 3.65. The van der Waals surface area contributed by atoms with Crippen LogP contribution in [0.4, 0.5) is 10.5 Å². The van der Waals surface area contributed by atoms with Crippen molar-refractivity contribution in [1.29, 1.82) is 5.26 Å². The molecule has 6 heteroatoms. The molecule has 0 spiro atoms. The van der Waals surface area contributed by atoms with Crippen molar-refractivity contribution in [2.45, 2.75) is 38.9 Å². The lowest BCUT2D eigenvalue weighted by molar-refractivity contribution is 0.0147. The fourth-order valence-electron chi connectivity index (χ4n) is 2.66. The molecule has 2 aromatic carbocycles. The molecule has 0 saturated heterocycles. The summed E-state index contributed by atoms with van der Waals surface area (Å²) < 4.78 is 5.49. The first kappa shape index (κ1) is 21.3. The molecule has 0 radical (unpaired) electrons. The summed E-state index contributed by atoms with van der Waals surface area (Å²) in [6, 6.07) is 16.2. The van der Waals surface area contributed by atoms with Gasteiger partial charge in [-0.1, -0.05) is 24.3 Å². The second-order valence-corrected chi connectivity index (χ2v) is 7.67. The third-order valence-electron chi connectivity index (χ3n) is 4.10. The molecule has 2 aromatic rings. The Morgan fingerprint density at radius 2 is 1.93 bits per heavy atom. The van der Waals surface area contributed by atoms with Crippen LogP contribution in [0.1, 0.15) is 43.6 Å². The van der Waals surface area contributed by atoms with Gasteiger partial charge in [-0.15, -0.1) is 0 Å². The number of aliphatic hydroxyl groups excluding tert-OH is 1. The number of nitriles is 1. The Labute approximate surface area is 166 Å². The minimum atomic E-state index is -0.924. The molecule has 2 rings (SSSR count). The molecular weight excluding hydrogens is 354 g/mol. The molecular formula is C22H27N3O3. The lowest BCUT2D eigenvalue weighted by Crippen LogP contribution is -2.40. The smallest absolute Gasteiger partial charge is 0.410 e. The zero-order valence-corrected chi connectivity index (χ0v) is 16.6. The second-order valence-electron chi connectivity index (χ2n) is 7.67. The maximum absolute atomic E-state index is 12.6. The van der Waals surface area contributed by atoms with E-state index in [0.29, 0.717) is 29.8 Å². The fraction of sp³-hybridized carbons (Fsp3) is 0.364. The van der Waals surface area contributed by atoms with Crippen molar-refractivity contribution < 1.29 is 14.6 Å². The molecule has 0 aromatic heterocycles. The first-order valence-electron chi connectivity index (χ1n) is 9.18. The van der Waals surface area contributed by atoms with Gasteiger partial charge in [0.05, 0.1) is 24.3 Å². The van der Waals surface area contributed by atoms with Gasteiger partial charge in [-0.2, -0.15) is 5.26 Å². The largest absolute Gasteiger partial charge is 0.444 e. The normalized spacial score (nSPS) is 12.1. The number of carbonyl (C=O) groups is 1. The highest BCUT2D eigenvalue weighted by Crippen LogP contribution is 2.18. The Morgan fingerprint density at radius 3 is 2.54 bits per heavy atom. The van der Waals surface area contributed by atoms with Crippen LogP contribution in [-0.2, 0) is 11.2 Å². The van der Waals surface area contributed by atoms with Crippen LogP contribution in [-0.4, -0.2) is 34.8 Å². The Bertz CT molecular complexity index is 835. The van der Waals surface area contributed by atoms with Crippen LogP contribution < -0.4 is 5.73 Å². The number of rotatable bonds is 6. The minimum absolute atomic E-state index is 0.0682. The number of anilines is 1. The maximum atomic E-state index is 12.6. The van der Waals surface area contributed by atoms with Crippen molar-refractivity contribution in [3.8, 4) is 6.07 Å². The van der Waals surface area contributed by atoms with E-state index in [9.17, 15) is 9.90 Å². The average molecular weight is 381 g/mol. The number of nitrogen functional groups attached to an aromatic ring is 1. The summed E-state index contributed by atoms with van der Waals surface area (Å²) in [7, 11) is 0. The third-order valence-corrected chi connectivity index (χ3v) is 4.10. The van der Waals surface area contributed by atoms with Gasteiger partial charge in [-0.25, -0.2) is 4.79 Å². The summed E-state index contributed by atoms with van der Waals surface area (Å²) >= 11 is 0. The van der Waals surface area contributed by atoms with Gasteiger partial charge in [-0.3, -0.25) is 0 Å². The van der Waals surface area contributed by atoms with Crippen LogP contribution in [0.3, 0.4) is 0 Å². The number of benzene rings is 2. The molecule has 1 unspecified atom stereocenters. The second kappa shape index (κ2) is 9.25. The maximum Gasteiger partial charge on any atom is 0.410 e. The molecule has 0 saturated carbocycles. The number of amides is 1. The number of ether oxygens (including phenoxy) is 1. The van der Waals surface area contributed by atoms with Crippen molar-refractivity contribution >= 4 is 11.8 Å². The summed E-state index contributed by atoms with van der Waals surface area (Å²) in [6.07, 6.45) is -0.810. The van der Waals surface area contributed by atoms with Crippen LogP contribution in [0.5, 0.6) is 0 Å². The third kappa shape index (κ3) is 6.60. The number of aliphatic hydroxyl groups is 1. The minimum Gasteiger partial charge on any atom is -0.444 e. The van der Waals surface area contributed by atoms with E-state index in [2.05, 4.69) is 6.07 Å². The van der Waals surface area contributed by atoms with Gasteiger partial charge in [0, 0.05) is 12.2 Å². The number of nitrogens with zero attached hydrogens (tertiary/aromatic N) is 2. The molecule has 3 N–H and O–H groups in total. The van der Waals surface area contributed by atoms with Gasteiger partial charge in [0.25, 0.3) is 0 Å². The van der Waals surface area contributed by atoms with E-state index in [1.165, 1.54) is 4.90 Å². The van der Waals surface area contributed by atoms with Crippen molar-refractivity contribution in [1.82, 2.24) is 4.90 Å². The average Bonchev–Trinajstić information content (AvgIpc) is 2.64. The summed E-state index contributed by atoms with van der Waals surface area (Å²) in [5, 5.41) is 19.7. The molecule has 0 aliphatic carbocycles. The highest BCUT2D eigenvalue weighted by molar-refractivity contribution is 5.68. The van der Waals surface area contributed by atoms with Crippen LogP contribution in [0, 0.1) is 11.3 Å². The molecule has 28 heavy (non-hydrogen) atoms. The van der Waals surface area contributed by atoms with E-state index in [1.807, 2.05) is 24.3 Å². The Hall–Kier alpha value is -3.04. The Balaban J connectivity index is 2.13. The van der Waals surface area contributed by atoms with Crippen molar-refractivity contribution in [3.63, 3.8) is 0 Å². The monoisotopic (exact) mass is 381 g/mol. The van der Waals surface area contributed by atoms with Crippen LogP contribution in [0.15, 0.2) is 48.5 Å². The van der Waals surface area contributed by atoms with Crippen molar-refractivity contribution in [3.05, 3.63) is 65.2 Å². The summed E-state index contributed by atoms with van der Waals surface area (Å²) in [4.78, 5) is 14.1. The molecule has 0 bridgehead atoms. The Morgan fingerprint density at radius 1 is 1.25 bits per heavy atom. The predicted molar refractivity (Wildman–Crippen MR) is 108 cm³/mol. The van der Waals surface area contributed by atoms with Gasteiger partial charge in [0.1, 0.15) is 5.60 Å². The van der Waals surface area contributed by atoms with Gasteiger partial charge in [0.15, 0.2) is 0 Å². The molecule has 0 fully saturated rings. The van der Waals surface area contributed by atoms with E-state index < -0.39 is 17.8 Å². The molecule has 6 nitrogen and oxygen atoms in total. The van der Waals surface area contributed by atoms with Crippen molar-refractivity contribution in [2.24, 2.45) is 0 Å². The van der Waals surface area contributed by atoms with Crippen LogP contribution in [0.2, 0.25) is 0 Å². The molecule has 148 valence electrons. The van der Waals surface area contributed by atoms with Gasteiger partial charge < -0.3 is 20.5 Å². The lowest BCUT2D eigenvalue weighted by Gasteiger charge is -2.29. The zero-order chi connectivity index (χ0) is 20.7. The Kier molecular flexibility index (Phi) is 7.02. The number of hydrogen-bond donors (Lipinski definition) is 2. The standard InChI is InChI=1S/C22H27N3O3/c1-22(2,3)28-21(27)25(12-11-16-7-9-19(24)10-8-16)15-20(26)18-6-4-5-17(13-18)14-23/h4-10,13,20,26H,11-12,15,24H2,1-3H3. The first-order valence-corrected chi connectivity index (χ1v) is 9.18.